The molecule has 4 saturated heterocycles. The number of benzene rings is 2. The molecule has 196 valence electrons. The molecule has 5 heterocycles. The van der Waals surface area contributed by atoms with Crippen LogP contribution in [0, 0.1) is 5.92 Å². The maximum absolute atomic E-state index is 13.3. The molecule has 0 radical (unpaired) electrons. The number of rotatable bonds is 5. The number of anilines is 1. The van der Waals surface area contributed by atoms with Crippen molar-refractivity contribution in [1.82, 2.24) is 20.1 Å². The van der Waals surface area contributed by atoms with Gasteiger partial charge < -0.3 is 19.5 Å². The smallest absolute Gasteiger partial charge is 0.299 e. The molecule has 1 aromatic heterocycles. The first-order valence-electron chi connectivity index (χ1n) is 13.0. The summed E-state index contributed by atoms with van der Waals surface area (Å²) >= 11 is 0. The molecule has 37 heavy (non-hydrogen) atoms. The van der Waals surface area contributed by atoms with E-state index in [1.54, 1.807) is 6.07 Å². The Morgan fingerprint density at radius 2 is 1.84 bits per heavy atom. The van der Waals surface area contributed by atoms with Gasteiger partial charge in [0.05, 0.1) is 11.7 Å². The highest BCUT2D eigenvalue weighted by atomic mass is 35.5. The van der Waals surface area contributed by atoms with Crippen LogP contribution in [0.1, 0.15) is 49.0 Å². The molecule has 0 spiro atoms. The van der Waals surface area contributed by atoms with Crippen LogP contribution in [-0.4, -0.2) is 64.5 Å². The normalized spacial score (nSPS) is 27.3. The third kappa shape index (κ3) is 4.80. The lowest BCUT2D eigenvalue weighted by Gasteiger charge is -2.45. The Morgan fingerprint density at radius 1 is 1.08 bits per heavy atom. The minimum atomic E-state index is -0.423. The zero-order valence-electron chi connectivity index (χ0n) is 21.3. The van der Waals surface area contributed by atoms with E-state index in [2.05, 4.69) is 17.1 Å². The number of nitrogens with one attached hydrogen (secondary N) is 1. The van der Waals surface area contributed by atoms with E-state index in [-0.39, 0.29) is 36.4 Å². The molecule has 2 amide bonds. The Bertz CT molecular complexity index is 1270. The van der Waals surface area contributed by atoms with E-state index in [4.69, 9.17) is 9.40 Å². The Kier molecular flexibility index (Phi) is 7.14. The Labute approximate surface area is 223 Å². The highest BCUT2D eigenvalue weighted by Gasteiger charge is 2.39. The van der Waals surface area contributed by atoms with Crippen LogP contribution in [0.3, 0.4) is 0 Å². The first-order valence-corrected chi connectivity index (χ1v) is 13.0. The number of carbonyl (C=O) groups excluding carboxylic acids is 2. The summed E-state index contributed by atoms with van der Waals surface area (Å²) in [6, 6.07) is 15.5. The first kappa shape index (κ1) is 25.5. The molecule has 4 aliphatic heterocycles. The van der Waals surface area contributed by atoms with Crippen molar-refractivity contribution < 1.29 is 14.0 Å². The standard InChI is InChI=1S/C28H33N5O3.ClH/c1-18-16-32(17-21-7-4-3-5-8-21)27(35)19(2)33(18)28-30-25-22(9-6-10-23(25)36-28)26(34)29-24-15-20-11-13-31(24)14-12-20;/h3-10,18-20,24H,11-17H2,1-2H3,(H,29,34);1H/t18-,19-,24-;/m0./s1. The summed E-state index contributed by atoms with van der Waals surface area (Å²) in [6.45, 7) is 7.23. The third-order valence-corrected chi connectivity index (χ3v) is 8.08. The predicted octanol–water partition coefficient (Wildman–Crippen LogP) is 4.05. The number of halogens is 1. The number of oxazole rings is 1. The van der Waals surface area contributed by atoms with Crippen LogP contribution in [0.5, 0.6) is 0 Å². The van der Waals surface area contributed by atoms with Gasteiger partial charge >= 0.3 is 0 Å². The number of nitrogens with zero attached hydrogens (tertiary/aromatic N) is 4. The van der Waals surface area contributed by atoms with Crippen molar-refractivity contribution in [2.75, 3.05) is 24.5 Å². The van der Waals surface area contributed by atoms with Crippen molar-refractivity contribution >= 4 is 41.3 Å². The van der Waals surface area contributed by atoms with Crippen molar-refractivity contribution in [2.45, 2.75) is 57.9 Å². The minimum absolute atomic E-state index is 0. The van der Waals surface area contributed by atoms with Crippen LogP contribution >= 0.6 is 12.4 Å². The number of amides is 2. The summed E-state index contributed by atoms with van der Waals surface area (Å²) in [6.07, 6.45) is 3.54. The number of carbonyl (C=O) groups is 2. The van der Waals surface area contributed by atoms with E-state index in [1.807, 2.05) is 59.2 Å². The maximum Gasteiger partial charge on any atom is 0.299 e. The van der Waals surface area contributed by atoms with Gasteiger partial charge in [-0.3, -0.25) is 14.5 Å². The SMILES string of the molecule is C[C@H]1CN(Cc2ccccc2)C(=O)[C@H](C)N1c1nc2c(C(=O)N[C@@H]3CC4CCN3CC4)cccc2o1.Cl. The Hall–Kier alpha value is -3.10. The molecule has 2 aromatic carbocycles. The lowest BCUT2D eigenvalue weighted by atomic mass is 9.86. The van der Waals surface area contributed by atoms with E-state index in [0.717, 1.165) is 25.1 Å². The average Bonchev–Trinajstić information content (AvgIpc) is 3.32. The zero-order chi connectivity index (χ0) is 24.8. The number of hydrogen-bond donors (Lipinski definition) is 1. The number of piperidine rings is 3. The van der Waals surface area contributed by atoms with Crippen LogP contribution in [0.15, 0.2) is 52.9 Å². The summed E-state index contributed by atoms with van der Waals surface area (Å²) in [5.41, 5.74) is 2.72. The lowest BCUT2D eigenvalue weighted by molar-refractivity contribution is -0.135. The van der Waals surface area contributed by atoms with Crippen molar-refractivity contribution in [2.24, 2.45) is 5.92 Å². The monoisotopic (exact) mass is 523 g/mol. The fourth-order valence-corrected chi connectivity index (χ4v) is 6.14. The van der Waals surface area contributed by atoms with E-state index in [0.29, 0.717) is 41.7 Å². The molecule has 0 saturated carbocycles. The van der Waals surface area contributed by atoms with Crippen molar-refractivity contribution in [3.8, 4) is 0 Å². The molecular formula is C28H34ClN5O3. The number of para-hydroxylation sites is 1. The van der Waals surface area contributed by atoms with Gasteiger partial charge in [-0.25, -0.2) is 0 Å². The van der Waals surface area contributed by atoms with Gasteiger partial charge in [0, 0.05) is 32.2 Å². The summed E-state index contributed by atoms with van der Waals surface area (Å²) in [4.78, 5) is 37.5. The van der Waals surface area contributed by atoms with Gasteiger partial charge in [-0.2, -0.15) is 4.98 Å². The fraction of sp³-hybridized carbons (Fsp3) is 0.464. The van der Waals surface area contributed by atoms with Gasteiger partial charge in [0.25, 0.3) is 11.9 Å². The van der Waals surface area contributed by atoms with Crippen LogP contribution < -0.4 is 10.2 Å². The molecule has 3 atom stereocenters. The van der Waals surface area contributed by atoms with E-state index in [9.17, 15) is 9.59 Å². The van der Waals surface area contributed by atoms with Crippen LogP contribution in [0.4, 0.5) is 6.01 Å². The van der Waals surface area contributed by atoms with Crippen molar-refractivity contribution in [3.05, 3.63) is 59.7 Å². The molecule has 9 heteroatoms. The highest BCUT2D eigenvalue weighted by Crippen LogP contribution is 2.32. The molecule has 1 N–H and O–H groups in total. The highest BCUT2D eigenvalue weighted by molar-refractivity contribution is 6.05. The van der Waals surface area contributed by atoms with E-state index < -0.39 is 6.04 Å². The topological polar surface area (TPSA) is 81.9 Å². The number of fused-ring (bicyclic) bond motifs is 4. The summed E-state index contributed by atoms with van der Waals surface area (Å²) in [5.74, 6) is 0.622. The average molecular weight is 524 g/mol. The molecule has 3 aromatic rings. The van der Waals surface area contributed by atoms with Gasteiger partial charge in [-0.05, 0) is 56.7 Å². The Morgan fingerprint density at radius 3 is 2.54 bits per heavy atom. The van der Waals surface area contributed by atoms with Crippen molar-refractivity contribution in [3.63, 3.8) is 0 Å². The summed E-state index contributed by atoms with van der Waals surface area (Å²) < 4.78 is 6.13. The number of hydrogen-bond acceptors (Lipinski definition) is 6. The summed E-state index contributed by atoms with van der Waals surface area (Å²) in [5, 5.41) is 3.23. The minimum Gasteiger partial charge on any atom is -0.423 e. The molecular weight excluding hydrogens is 490 g/mol. The van der Waals surface area contributed by atoms with Gasteiger partial charge in [0.2, 0.25) is 5.91 Å². The van der Waals surface area contributed by atoms with Crippen LogP contribution in [0.25, 0.3) is 11.1 Å². The number of aromatic nitrogens is 1. The van der Waals surface area contributed by atoms with Gasteiger partial charge in [0.1, 0.15) is 11.6 Å². The fourth-order valence-electron chi connectivity index (χ4n) is 6.14. The van der Waals surface area contributed by atoms with E-state index >= 15 is 0 Å². The molecule has 7 rings (SSSR count). The predicted molar refractivity (Wildman–Crippen MR) is 145 cm³/mol. The number of piperazine rings is 1. The van der Waals surface area contributed by atoms with Crippen LogP contribution in [-0.2, 0) is 11.3 Å². The van der Waals surface area contributed by atoms with Gasteiger partial charge in [-0.15, -0.1) is 12.4 Å². The maximum atomic E-state index is 13.3. The van der Waals surface area contributed by atoms with Crippen molar-refractivity contribution in [1.29, 1.82) is 0 Å². The molecule has 2 bridgehead atoms. The third-order valence-electron chi connectivity index (χ3n) is 8.08. The zero-order valence-corrected chi connectivity index (χ0v) is 22.1. The second kappa shape index (κ2) is 10.3. The quantitative estimate of drug-likeness (QED) is 0.543. The van der Waals surface area contributed by atoms with Gasteiger partial charge in [-0.1, -0.05) is 36.4 Å². The largest absolute Gasteiger partial charge is 0.423 e. The lowest BCUT2D eigenvalue weighted by Crippen LogP contribution is -2.60. The Balaban J connectivity index is 0.00000280. The molecule has 4 fully saturated rings. The second-order valence-corrected chi connectivity index (χ2v) is 10.5. The molecule has 0 aliphatic carbocycles. The van der Waals surface area contributed by atoms with Crippen LogP contribution in [0.2, 0.25) is 0 Å². The van der Waals surface area contributed by atoms with E-state index in [1.165, 1.54) is 12.8 Å². The second-order valence-electron chi connectivity index (χ2n) is 10.5. The molecule has 4 aliphatic rings. The summed E-state index contributed by atoms with van der Waals surface area (Å²) in [7, 11) is 0. The first-order chi connectivity index (χ1) is 17.5. The van der Waals surface area contributed by atoms with Gasteiger partial charge in [0.15, 0.2) is 5.58 Å². The molecule has 0 unspecified atom stereocenters. The molecule has 8 nitrogen and oxygen atoms in total.